The summed E-state index contributed by atoms with van der Waals surface area (Å²) in [5.41, 5.74) is 1.29. The lowest BCUT2D eigenvalue weighted by molar-refractivity contribution is 0.101. The average Bonchev–Trinajstić information content (AvgIpc) is 2.37. The van der Waals surface area contributed by atoms with Crippen molar-refractivity contribution < 1.29 is 4.79 Å². The predicted octanol–water partition coefficient (Wildman–Crippen LogP) is 2.30. The summed E-state index contributed by atoms with van der Waals surface area (Å²) >= 11 is 1.16. The van der Waals surface area contributed by atoms with E-state index in [-0.39, 0.29) is 11.3 Å². The molecule has 0 atom stereocenters. The summed E-state index contributed by atoms with van der Waals surface area (Å²) in [6.07, 6.45) is 0. The van der Waals surface area contributed by atoms with E-state index < -0.39 is 0 Å². The molecular formula is C14H11N3O2S. The van der Waals surface area contributed by atoms with Gasteiger partial charge in [0.1, 0.15) is 0 Å². The molecule has 0 aliphatic heterocycles. The molecule has 20 heavy (non-hydrogen) atoms. The third kappa shape index (κ3) is 3.13. The number of carbonyl (C=O) groups is 1. The Morgan fingerprint density at radius 3 is 2.75 bits per heavy atom. The van der Waals surface area contributed by atoms with Crippen LogP contribution < -0.4 is 5.56 Å². The zero-order chi connectivity index (χ0) is 14.7. The summed E-state index contributed by atoms with van der Waals surface area (Å²) in [6.45, 7) is 3.18. The van der Waals surface area contributed by atoms with Crippen molar-refractivity contribution in [2.24, 2.45) is 0 Å². The molecule has 0 aliphatic rings. The van der Waals surface area contributed by atoms with Gasteiger partial charge in [0.15, 0.2) is 10.9 Å². The molecule has 5 nitrogen and oxygen atoms in total. The number of nitriles is 1. The molecule has 0 saturated carbocycles. The van der Waals surface area contributed by atoms with Gasteiger partial charge in [0.05, 0.1) is 11.6 Å². The Labute approximate surface area is 119 Å². The van der Waals surface area contributed by atoms with Crippen LogP contribution in [0.2, 0.25) is 0 Å². The van der Waals surface area contributed by atoms with Crippen molar-refractivity contribution in [3.8, 4) is 6.07 Å². The fourth-order valence-electron chi connectivity index (χ4n) is 1.67. The first-order valence-electron chi connectivity index (χ1n) is 5.80. The maximum absolute atomic E-state index is 11.6. The first-order valence-corrected chi connectivity index (χ1v) is 6.62. The maximum atomic E-state index is 11.6. The second-order valence-corrected chi connectivity index (χ2v) is 5.20. The summed E-state index contributed by atoms with van der Waals surface area (Å²) in [6, 6.07) is 8.23. The molecule has 1 heterocycles. The lowest BCUT2D eigenvalue weighted by atomic mass is 10.1. The Kier molecular flexibility index (Phi) is 4.01. The number of aromatic nitrogens is 2. The van der Waals surface area contributed by atoms with E-state index in [1.807, 2.05) is 6.07 Å². The number of Topliss-reactive ketones (excluding diaryl/α,β-unsaturated/α-hetero) is 1. The number of H-pyrrole nitrogens is 1. The number of aromatic amines is 1. The van der Waals surface area contributed by atoms with Crippen molar-refractivity contribution in [1.82, 2.24) is 9.97 Å². The first-order chi connectivity index (χ1) is 9.49. The van der Waals surface area contributed by atoms with Crippen LogP contribution in [0.15, 0.2) is 39.1 Å². The van der Waals surface area contributed by atoms with Gasteiger partial charge in [-0.25, -0.2) is 4.98 Å². The van der Waals surface area contributed by atoms with Crippen LogP contribution in [-0.2, 0) is 0 Å². The van der Waals surface area contributed by atoms with E-state index in [9.17, 15) is 9.59 Å². The van der Waals surface area contributed by atoms with Gasteiger partial charge in [-0.05, 0) is 32.0 Å². The van der Waals surface area contributed by atoms with Crippen LogP contribution in [0.3, 0.4) is 0 Å². The van der Waals surface area contributed by atoms with Gasteiger partial charge < -0.3 is 4.98 Å². The lowest BCUT2D eigenvalue weighted by Gasteiger charge is -2.06. The molecule has 0 radical (unpaired) electrons. The largest absolute Gasteiger partial charge is 0.301 e. The number of benzene rings is 1. The minimum Gasteiger partial charge on any atom is -0.301 e. The topological polar surface area (TPSA) is 86.6 Å². The summed E-state index contributed by atoms with van der Waals surface area (Å²) in [7, 11) is 0. The van der Waals surface area contributed by atoms with Crippen LogP contribution in [0.5, 0.6) is 0 Å². The lowest BCUT2D eigenvalue weighted by Crippen LogP contribution is -2.08. The smallest absolute Gasteiger partial charge is 0.251 e. The van der Waals surface area contributed by atoms with Gasteiger partial charge >= 0.3 is 0 Å². The fraction of sp³-hybridized carbons (Fsp3) is 0.143. The standard InChI is InChI=1S/C14H11N3O2S/c1-8-5-13(19)17-14(16-8)20-12-6-10(7-15)3-4-11(12)9(2)18/h3-6H,1-2H3,(H,16,17,19). The molecule has 1 aromatic carbocycles. The number of nitrogens with zero attached hydrogens (tertiary/aromatic N) is 2. The molecule has 0 amide bonds. The van der Waals surface area contributed by atoms with Gasteiger partial charge in [0, 0.05) is 22.2 Å². The molecule has 6 heteroatoms. The average molecular weight is 285 g/mol. The Morgan fingerprint density at radius 1 is 1.40 bits per heavy atom. The molecule has 1 N–H and O–H groups in total. The molecule has 0 spiro atoms. The van der Waals surface area contributed by atoms with Gasteiger partial charge in [-0.15, -0.1) is 0 Å². The van der Waals surface area contributed by atoms with Gasteiger partial charge in [-0.2, -0.15) is 5.26 Å². The number of nitrogens with one attached hydrogen (secondary N) is 1. The highest BCUT2D eigenvalue weighted by molar-refractivity contribution is 7.99. The molecule has 1 aromatic heterocycles. The summed E-state index contributed by atoms with van der Waals surface area (Å²) in [4.78, 5) is 30.4. The second kappa shape index (κ2) is 5.72. The molecule has 0 fully saturated rings. The minimum atomic E-state index is -0.249. The molecule has 0 saturated heterocycles. The summed E-state index contributed by atoms with van der Waals surface area (Å²) in [5, 5.41) is 9.32. The van der Waals surface area contributed by atoms with Crippen LogP contribution in [0, 0.1) is 18.3 Å². The fourth-order valence-corrected chi connectivity index (χ4v) is 2.73. The van der Waals surface area contributed by atoms with Crippen molar-refractivity contribution in [3.63, 3.8) is 0 Å². The van der Waals surface area contributed by atoms with Crippen LogP contribution in [0.4, 0.5) is 0 Å². The Balaban J connectivity index is 2.48. The van der Waals surface area contributed by atoms with Crippen molar-refractivity contribution in [2.45, 2.75) is 23.9 Å². The third-order valence-electron chi connectivity index (χ3n) is 2.54. The van der Waals surface area contributed by atoms with E-state index >= 15 is 0 Å². The highest BCUT2D eigenvalue weighted by atomic mass is 32.2. The number of carbonyl (C=O) groups excluding carboxylic acids is 1. The van der Waals surface area contributed by atoms with E-state index in [2.05, 4.69) is 9.97 Å². The Bertz CT molecular complexity index is 775. The monoisotopic (exact) mass is 285 g/mol. The normalized spacial score (nSPS) is 10.1. The Morgan fingerprint density at radius 2 is 2.15 bits per heavy atom. The summed E-state index contributed by atoms with van der Waals surface area (Å²) in [5.74, 6) is -0.105. The van der Waals surface area contributed by atoms with Crippen molar-refractivity contribution >= 4 is 17.5 Å². The van der Waals surface area contributed by atoms with Crippen molar-refractivity contribution in [1.29, 1.82) is 5.26 Å². The van der Waals surface area contributed by atoms with Crippen LogP contribution in [0.1, 0.15) is 28.5 Å². The predicted molar refractivity (Wildman–Crippen MR) is 74.9 cm³/mol. The molecule has 100 valence electrons. The highest BCUT2D eigenvalue weighted by Gasteiger charge is 2.11. The Hall–Kier alpha value is -2.39. The van der Waals surface area contributed by atoms with Gasteiger partial charge in [0.25, 0.3) is 5.56 Å². The summed E-state index contributed by atoms with van der Waals surface area (Å²) < 4.78 is 0. The second-order valence-electron chi connectivity index (χ2n) is 4.17. The molecule has 2 rings (SSSR count). The number of hydrogen-bond donors (Lipinski definition) is 1. The molecule has 0 aliphatic carbocycles. The third-order valence-corrected chi connectivity index (χ3v) is 3.49. The van der Waals surface area contributed by atoms with Gasteiger partial charge in [0.2, 0.25) is 0 Å². The number of hydrogen-bond acceptors (Lipinski definition) is 5. The van der Waals surface area contributed by atoms with E-state index in [0.29, 0.717) is 26.9 Å². The zero-order valence-electron chi connectivity index (χ0n) is 10.9. The molecular weight excluding hydrogens is 274 g/mol. The van der Waals surface area contributed by atoms with E-state index in [1.165, 1.54) is 13.0 Å². The number of aryl methyl sites for hydroxylation is 1. The van der Waals surface area contributed by atoms with E-state index in [4.69, 9.17) is 5.26 Å². The van der Waals surface area contributed by atoms with Crippen LogP contribution >= 0.6 is 11.8 Å². The van der Waals surface area contributed by atoms with E-state index in [1.54, 1.807) is 25.1 Å². The van der Waals surface area contributed by atoms with Crippen molar-refractivity contribution in [3.05, 3.63) is 51.4 Å². The van der Waals surface area contributed by atoms with Gasteiger partial charge in [-0.1, -0.05) is 11.8 Å². The van der Waals surface area contributed by atoms with Gasteiger partial charge in [-0.3, -0.25) is 9.59 Å². The minimum absolute atomic E-state index is 0.105. The first kappa shape index (κ1) is 14.0. The van der Waals surface area contributed by atoms with Crippen molar-refractivity contribution in [2.75, 3.05) is 0 Å². The van der Waals surface area contributed by atoms with Crippen LogP contribution in [-0.4, -0.2) is 15.8 Å². The number of ketones is 1. The SMILES string of the molecule is CC(=O)c1ccc(C#N)cc1Sc1nc(C)cc(=O)[nH]1. The molecule has 0 bridgehead atoms. The highest BCUT2D eigenvalue weighted by Crippen LogP contribution is 2.28. The molecule has 2 aromatic rings. The quantitative estimate of drug-likeness (QED) is 0.690. The van der Waals surface area contributed by atoms with E-state index in [0.717, 1.165) is 11.8 Å². The zero-order valence-corrected chi connectivity index (χ0v) is 11.7. The van der Waals surface area contributed by atoms with Crippen LogP contribution in [0.25, 0.3) is 0 Å². The maximum Gasteiger partial charge on any atom is 0.251 e. The number of rotatable bonds is 3. The molecule has 0 unspecified atom stereocenters.